The number of carbonyl (C=O) groups is 1. The summed E-state index contributed by atoms with van der Waals surface area (Å²) in [7, 11) is 1.62. The summed E-state index contributed by atoms with van der Waals surface area (Å²) in [6, 6.07) is 21.4. The number of hydrogen-bond acceptors (Lipinski definition) is 4. The molecular weight excluding hydrogens is 424 g/mol. The van der Waals surface area contributed by atoms with Crippen LogP contribution >= 0.6 is 11.6 Å². The number of aryl methyl sites for hydroxylation is 1. The second-order valence-electron chi connectivity index (χ2n) is 7.84. The first-order valence-electron chi connectivity index (χ1n) is 10.7. The van der Waals surface area contributed by atoms with E-state index in [0.29, 0.717) is 36.0 Å². The molecule has 0 aromatic heterocycles. The summed E-state index contributed by atoms with van der Waals surface area (Å²) in [6.07, 6.45) is 0. The van der Waals surface area contributed by atoms with Crippen LogP contribution in [0.15, 0.2) is 66.7 Å². The molecule has 1 amide bonds. The molecule has 4 rings (SSSR count). The Morgan fingerprint density at radius 2 is 1.72 bits per heavy atom. The lowest BCUT2D eigenvalue weighted by Gasteiger charge is -2.36. The van der Waals surface area contributed by atoms with Gasteiger partial charge in [0.05, 0.1) is 7.11 Å². The van der Waals surface area contributed by atoms with E-state index in [-0.39, 0.29) is 5.91 Å². The predicted octanol–water partition coefficient (Wildman–Crippen LogP) is 5.20. The Morgan fingerprint density at radius 3 is 2.41 bits per heavy atom. The SMILES string of the molecule is COc1ccc(C(=O)N2CCN(c3ccccc3)CC2)cc1COc1ccc(Cl)c(C)c1. The van der Waals surface area contributed by atoms with Crippen LogP contribution in [-0.4, -0.2) is 44.1 Å². The predicted molar refractivity (Wildman–Crippen MR) is 128 cm³/mol. The number of anilines is 1. The molecule has 1 fully saturated rings. The van der Waals surface area contributed by atoms with E-state index < -0.39 is 0 Å². The molecule has 0 spiro atoms. The Balaban J connectivity index is 1.43. The lowest BCUT2D eigenvalue weighted by Crippen LogP contribution is -2.48. The van der Waals surface area contributed by atoms with Crippen LogP contribution in [0.25, 0.3) is 0 Å². The van der Waals surface area contributed by atoms with Crippen LogP contribution in [0.5, 0.6) is 11.5 Å². The number of benzene rings is 3. The number of carbonyl (C=O) groups excluding carboxylic acids is 1. The second kappa shape index (κ2) is 9.96. The molecular formula is C26H27ClN2O3. The maximum absolute atomic E-state index is 13.2. The van der Waals surface area contributed by atoms with Gasteiger partial charge in [0, 0.05) is 48.0 Å². The number of ether oxygens (including phenoxy) is 2. The number of methoxy groups -OCH3 is 1. The molecule has 0 saturated carbocycles. The third-order valence-electron chi connectivity index (χ3n) is 5.74. The van der Waals surface area contributed by atoms with Gasteiger partial charge in [-0.2, -0.15) is 0 Å². The fourth-order valence-corrected chi connectivity index (χ4v) is 4.00. The van der Waals surface area contributed by atoms with Crippen molar-refractivity contribution in [2.75, 3.05) is 38.2 Å². The van der Waals surface area contributed by atoms with Crippen LogP contribution < -0.4 is 14.4 Å². The molecule has 1 saturated heterocycles. The highest BCUT2D eigenvalue weighted by molar-refractivity contribution is 6.31. The topological polar surface area (TPSA) is 42.0 Å². The third kappa shape index (κ3) is 5.00. The molecule has 32 heavy (non-hydrogen) atoms. The Morgan fingerprint density at radius 1 is 0.969 bits per heavy atom. The largest absolute Gasteiger partial charge is 0.496 e. The molecule has 166 valence electrons. The summed E-state index contributed by atoms with van der Waals surface area (Å²) in [5.41, 5.74) is 3.62. The van der Waals surface area contributed by atoms with Gasteiger partial charge in [-0.05, 0) is 61.0 Å². The Bertz CT molecular complexity index is 1080. The summed E-state index contributed by atoms with van der Waals surface area (Å²) in [6.45, 7) is 5.25. The second-order valence-corrected chi connectivity index (χ2v) is 8.25. The van der Waals surface area contributed by atoms with Crippen molar-refractivity contribution in [1.82, 2.24) is 4.90 Å². The first kappa shape index (κ1) is 22.0. The Hall–Kier alpha value is -3.18. The minimum Gasteiger partial charge on any atom is -0.496 e. The number of amides is 1. The maximum atomic E-state index is 13.2. The van der Waals surface area contributed by atoms with Gasteiger partial charge >= 0.3 is 0 Å². The lowest BCUT2D eigenvalue weighted by atomic mass is 10.1. The average molecular weight is 451 g/mol. The van der Waals surface area contributed by atoms with Crippen LogP contribution in [0.3, 0.4) is 0 Å². The molecule has 1 heterocycles. The molecule has 0 unspecified atom stereocenters. The van der Waals surface area contributed by atoms with Gasteiger partial charge in [-0.3, -0.25) is 4.79 Å². The molecule has 3 aromatic carbocycles. The number of piperazine rings is 1. The van der Waals surface area contributed by atoms with Crippen molar-refractivity contribution in [3.63, 3.8) is 0 Å². The van der Waals surface area contributed by atoms with E-state index in [1.54, 1.807) is 7.11 Å². The molecule has 1 aliphatic rings. The van der Waals surface area contributed by atoms with E-state index in [4.69, 9.17) is 21.1 Å². The molecule has 3 aromatic rings. The lowest BCUT2D eigenvalue weighted by molar-refractivity contribution is 0.0746. The van der Waals surface area contributed by atoms with Gasteiger partial charge in [0.25, 0.3) is 5.91 Å². The number of halogens is 1. The van der Waals surface area contributed by atoms with Crippen molar-refractivity contribution in [1.29, 1.82) is 0 Å². The minimum atomic E-state index is 0.0314. The highest BCUT2D eigenvalue weighted by Gasteiger charge is 2.23. The fourth-order valence-electron chi connectivity index (χ4n) is 3.88. The van der Waals surface area contributed by atoms with Gasteiger partial charge in [0.15, 0.2) is 0 Å². The van der Waals surface area contributed by atoms with Crippen LogP contribution in [-0.2, 0) is 6.61 Å². The molecule has 0 atom stereocenters. The van der Waals surface area contributed by atoms with Crippen molar-refractivity contribution >= 4 is 23.2 Å². The average Bonchev–Trinajstić information content (AvgIpc) is 2.85. The van der Waals surface area contributed by atoms with Crippen molar-refractivity contribution in [3.8, 4) is 11.5 Å². The third-order valence-corrected chi connectivity index (χ3v) is 6.16. The first-order valence-corrected chi connectivity index (χ1v) is 11.1. The van der Waals surface area contributed by atoms with Gasteiger partial charge in [0.1, 0.15) is 18.1 Å². The van der Waals surface area contributed by atoms with Crippen molar-refractivity contribution < 1.29 is 14.3 Å². The Kier molecular flexibility index (Phi) is 6.86. The van der Waals surface area contributed by atoms with Crippen molar-refractivity contribution in [2.45, 2.75) is 13.5 Å². The quantitative estimate of drug-likeness (QED) is 0.517. The van der Waals surface area contributed by atoms with E-state index in [0.717, 1.165) is 30.0 Å². The first-order chi connectivity index (χ1) is 15.5. The summed E-state index contributed by atoms with van der Waals surface area (Å²) in [4.78, 5) is 17.4. The zero-order valence-electron chi connectivity index (χ0n) is 18.4. The zero-order chi connectivity index (χ0) is 22.5. The molecule has 1 aliphatic heterocycles. The van der Waals surface area contributed by atoms with Crippen LogP contribution in [0.2, 0.25) is 5.02 Å². The van der Waals surface area contributed by atoms with E-state index in [1.807, 2.05) is 66.4 Å². The van der Waals surface area contributed by atoms with Crippen LogP contribution in [0.1, 0.15) is 21.5 Å². The van der Waals surface area contributed by atoms with Gasteiger partial charge < -0.3 is 19.3 Å². The van der Waals surface area contributed by atoms with E-state index in [9.17, 15) is 4.79 Å². The van der Waals surface area contributed by atoms with E-state index in [2.05, 4.69) is 17.0 Å². The van der Waals surface area contributed by atoms with Gasteiger partial charge in [0.2, 0.25) is 0 Å². The number of nitrogens with zero attached hydrogens (tertiary/aromatic N) is 2. The summed E-state index contributed by atoms with van der Waals surface area (Å²) >= 11 is 6.10. The summed E-state index contributed by atoms with van der Waals surface area (Å²) in [5.74, 6) is 1.45. The summed E-state index contributed by atoms with van der Waals surface area (Å²) < 4.78 is 11.4. The van der Waals surface area contributed by atoms with Crippen LogP contribution in [0.4, 0.5) is 5.69 Å². The van der Waals surface area contributed by atoms with E-state index >= 15 is 0 Å². The number of hydrogen-bond donors (Lipinski definition) is 0. The number of para-hydroxylation sites is 1. The Labute approximate surface area is 194 Å². The standard InChI is InChI=1S/C26H27ClN2O3/c1-19-16-23(9-10-24(19)27)32-18-21-17-20(8-11-25(21)31-2)26(30)29-14-12-28(13-15-29)22-6-4-3-5-7-22/h3-11,16-17H,12-15,18H2,1-2H3. The molecule has 6 heteroatoms. The van der Waals surface area contributed by atoms with Crippen molar-refractivity contribution in [3.05, 3.63) is 88.4 Å². The normalized spacial score (nSPS) is 13.7. The fraction of sp³-hybridized carbons (Fsp3) is 0.269. The van der Waals surface area contributed by atoms with Gasteiger partial charge in [-0.15, -0.1) is 0 Å². The molecule has 0 radical (unpaired) electrons. The molecule has 5 nitrogen and oxygen atoms in total. The monoisotopic (exact) mass is 450 g/mol. The highest BCUT2D eigenvalue weighted by Crippen LogP contribution is 2.26. The van der Waals surface area contributed by atoms with Gasteiger partial charge in [-0.1, -0.05) is 29.8 Å². The van der Waals surface area contributed by atoms with Crippen molar-refractivity contribution in [2.24, 2.45) is 0 Å². The maximum Gasteiger partial charge on any atom is 0.253 e. The smallest absolute Gasteiger partial charge is 0.253 e. The minimum absolute atomic E-state index is 0.0314. The molecule has 0 N–H and O–H groups in total. The summed E-state index contributed by atoms with van der Waals surface area (Å²) in [5, 5.41) is 0.704. The molecule has 0 bridgehead atoms. The van der Waals surface area contributed by atoms with Gasteiger partial charge in [-0.25, -0.2) is 0 Å². The molecule has 0 aliphatic carbocycles. The zero-order valence-corrected chi connectivity index (χ0v) is 19.1. The van der Waals surface area contributed by atoms with Crippen LogP contribution in [0, 0.1) is 6.92 Å². The highest BCUT2D eigenvalue weighted by atomic mass is 35.5. The number of rotatable bonds is 6. The van der Waals surface area contributed by atoms with E-state index in [1.165, 1.54) is 5.69 Å².